The van der Waals surface area contributed by atoms with Crippen molar-refractivity contribution < 1.29 is 4.79 Å². The summed E-state index contributed by atoms with van der Waals surface area (Å²) in [4.78, 5) is 13.5. The van der Waals surface area contributed by atoms with E-state index in [4.69, 9.17) is 0 Å². The van der Waals surface area contributed by atoms with Gasteiger partial charge in [0.2, 0.25) is 5.91 Å². The summed E-state index contributed by atoms with van der Waals surface area (Å²) in [5, 5.41) is 7.72. The fourth-order valence-electron chi connectivity index (χ4n) is 3.23. The number of aromatic nitrogens is 2. The summed E-state index contributed by atoms with van der Waals surface area (Å²) in [7, 11) is 0. The smallest absolute Gasteiger partial charge is 0.226 e. The molecule has 0 bridgehead atoms. The molecule has 0 radical (unpaired) electrons. The highest BCUT2D eigenvalue weighted by molar-refractivity contribution is 7.98. The first-order valence-electron chi connectivity index (χ1n) is 8.15. The van der Waals surface area contributed by atoms with Crippen LogP contribution in [0.1, 0.15) is 48.9 Å². The molecule has 0 saturated carbocycles. The molecule has 3 rings (SSSR count). The Morgan fingerprint density at radius 1 is 1.43 bits per heavy atom. The van der Waals surface area contributed by atoms with Crippen molar-refractivity contribution in [2.75, 3.05) is 11.6 Å². The molecule has 5 heteroatoms. The van der Waals surface area contributed by atoms with E-state index in [1.807, 2.05) is 11.6 Å². The van der Waals surface area contributed by atoms with Crippen molar-refractivity contribution in [3.05, 3.63) is 41.1 Å². The van der Waals surface area contributed by atoms with Crippen LogP contribution in [0.15, 0.2) is 29.2 Å². The van der Waals surface area contributed by atoms with Crippen molar-refractivity contribution in [2.45, 2.75) is 50.5 Å². The number of amides is 1. The fourth-order valence-corrected chi connectivity index (χ4v) is 3.70. The quantitative estimate of drug-likeness (QED) is 0.837. The SMILES string of the molecule is CCCCn1nc(C)c2c1NC(=O)CC2c1cccc(SC)c1. The van der Waals surface area contributed by atoms with Gasteiger partial charge in [-0.05, 0) is 37.3 Å². The largest absolute Gasteiger partial charge is 0.311 e. The number of hydrogen-bond acceptors (Lipinski definition) is 3. The number of fused-ring (bicyclic) bond motifs is 1. The number of thioether (sulfide) groups is 1. The molecule has 1 amide bonds. The fraction of sp³-hybridized carbons (Fsp3) is 0.444. The van der Waals surface area contributed by atoms with Gasteiger partial charge in [0.25, 0.3) is 0 Å². The van der Waals surface area contributed by atoms with Crippen molar-refractivity contribution in [1.29, 1.82) is 0 Å². The van der Waals surface area contributed by atoms with Gasteiger partial charge in [-0.1, -0.05) is 25.5 Å². The molecule has 122 valence electrons. The molecular formula is C18H23N3OS. The lowest BCUT2D eigenvalue weighted by Gasteiger charge is -2.24. The Morgan fingerprint density at radius 3 is 3.00 bits per heavy atom. The van der Waals surface area contributed by atoms with Gasteiger partial charge >= 0.3 is 0 Å². The Balaban J connectivity index is 2.04. The normalized spacial score (nSPS) is 17.0. The van der Waals surface area contributed by atoms with Crippen LogP contribution in [0.5, 0.6) is 0 Å². The van der Waals surface area contributed by atoms with Crippen LogP contribution in [0.25, 0.3) is 0 Å². The van der Waals surface area contributed by atoms with Crippen molar-refractivity contribution >= 4 is 23.5 Å². The first-order valence-corrected chi connectivity index (χ1v) is 9.37. The molecule has 0 spiro atoms. The summed E-state index contributed by atoms with van der Waals surface area (Å²) < 4.78 is 1.97. The lowest BCUT2D eigenvalue weighted by molar-refractivity contribution is -0.116. The standard InChI is InChI=1S/C18H23N3OS/c1-4-5-9-21-18-17(12(2)20-21)15(11-16(22)19-18)13-7-6-8-14(10-13)23-3/h6-8,10,15H,4-5,9,11H2,1-3H3,(H,19,22). The van der Waals surface area contributed by atoms with Gasteiger partial charge in [0.15, 0.2) is 0 Å². The van der Waals surface area contributed by atoms with E-state index in [-0.39, 0.29) is 11.8 Å². The van der Waals surface area contributed by atoms with Crippen LogP contribution < -0.4 is 5.32 Å². The van der Waals surface area contributed by atoms with Crippen molar-refractivity contribution in [3.63, 3.8) is 0 Å². The number of hydrogen-bond donors (Lipinski definition) is 1. The van der Waals surface area contributed by atoms with E-state index in [1.54, 1.807) is 11.8 Å². The molecule has 0 saturated heterocycles. The zero-order chi connectivity index (χ0) is 16.4. The number of carbonyl (C=O) groups is 1. The third kappa shape index (κ3) is 3.15. The summed E-state index contributed by atoms with van der Waals surface area (Å²) in [6.07, 6.45) is 4.74. The lowest BCUT2D eigenvalue weighted by atomic mass is 9.86. The van der Waals surface area contributed by atoms with Gasteiger partial charge in [0.1, 0.15) is 5.82 Å². The van der Waals surface area contributed by atoms with Gasteiger partial charge in [-0.25, -0.2) is 4.68 Å². The Bertz CT molecular complexity index is 723. The second-order valence-corrected chi connectivity index (χ2v) is 6.89. The molecule has 2 aromatic rings. The maximum atomic E-state index is 12.2. The first kappa shape index (κ1) is 16.1. The summed E-state index contributed by atoms with van der Waals surface area (Å²) in [6.45, 7) is 5.06. The van der Waals surface area contributed by atoms with E-state index in [9.17, 15) is 4.79 Å². The molecule has 4 nitrogen and oxygen atoms in total. The third-order valence-corrected chi connectivity index (χ3v) is 5.11. The summed E-state index contributed by atoms with van der Waals surface area (Å²) >= 11 is 1.73. The zero-order valence-electron chi connectivity index (χ0n) is 13.9. The number of nitrogens with zero attached hydrogens (tertiary/aromatic N) is 2. The van der Waals surface area contributed by atoms with E-state index in [1.165, 1.54) is 16.0 Å². The van der Waals surface area contributed by atoms with Gasteiger partial charge < -0.3 is 5.32 Å². The molecule has 1 aromatic heterocycles. The topological polar surface area (TPSA) is 46.9 Å². The molecule has 1 aliphatic heterocycles. The van der Waals surface area contributed by atoms with E-state index in [0.717, 1.165) is 30.9 Å². The molecule has 1 N–H and O–H groups in total. The molecule has 1 aromatic carbocycles. The molecule has 23 heavy (non-hydrogen) atoms. The number of nitrogens with one attached hydrogen (secondary N) is 1. The lowest BCUT2D eigenvalue weighted by Crippen LogP contribution is -2.25. The van der Waals surface area contributed by atoms with E-state index in [0.29, 0.717) is 6.42 Å². The van der Waals surface area contributed by atoms with E-state index >= 15 is 0 Å². The summed E-state index contributed by atoms with van der Waals surface area (Å²) in [6, 6.07) is 8.50. The van der Waals surface area contributed by atoms with Crippen molar-refractivity contribution in [1.82, 2.24) is 9.78 Å². The highest BCUT2D eigenvalue weighted by atomic mass is 32.2. The van der Waals surface area contributed by atoms with Crippen LogP contribution in [0.2, 0.25) is 0 Å². The number of aryl methyl sites for hydroxylation is 2. The number of benzene rings is 1. The van der Waals surface area contributed by atoms with Crippen LogP contribution in [0.3, 0.4) is 0 Å². The molecular weight excluding hydrogens is 306 g/mol. The average Bonchev–Trinajstić information content (AvgIpc) is 2.88. The Morgan fingerprint density at radius 2 is 2.26 bits per heavy atom. The van der Waals surface area contributed by atoms with Crippen LogP contribution in [-0.4, -0.2) is 21.9 Å². The molecule has 0 aliphatic carbocycles. The number of rotatable bonds is 5. The van der Waals surface area contributed by atoms with Crippen LogP contribution in [-0.2, 0) is 11.3 Å². The van der Waals surface area contributed by atoms with Crippen LogP contribution in [0, 0.1) is 6.92 Å². The van der Waals surface area contributed by atoms with Crippen molar-refractivity contribution in [3.8, 4) is 0 Å². The average molecular weight is 329 g/mol. The maximum absolute atomic E-state index is 12.2. The number of anilines is 1. The monoisotopic (exact) mass is 329 g/mol. The minimum atomic E-state index is 0.0784. The number of carbonyl (C=O) groups excluding carboxylic acids is 1. The predicted octanol–water partition coefficient (Wildman–Crippen LogP) is 4.19. The van der Waals surface area contributed by atoms with E-state index in [2.05, 4.69) is 47.9 Å². The molecule has 2 heterocycles. The van der Waals surface area contributed by atoms with Gasteiger partial charge in [-0.2, -0.15) is 5.10 Å². The Kier molecular flexibility index (Phi) is 4.76. The first-order chi connectivity index (χ1) is 11.1. The van der Waals surface area contributed by atoms with E-state index < -0.39 is 0 Å². The molecule has 0 fully saturated rings. The van der Waals surface area contributed by atoms with Crippen LogP contribution >= 0.6 is 11.8 Å². The Hall–Kier alpha value is -1.75. The summed E-state index contributed by atoms with van der Waals surface area (Å²) in [5.41, 5.74) is 3.40. The second kappa shape index (κ2) is 6.79. The third-order valence-electron chi connectivity index (χ3n) is 4.39. The maximum Gasteiger partial charge on any atom is 0.226 e. The molecule has 1 unspecified atom stereocenters. The zero-order valence-corrected chi connectivity index (χ0v) is 14.7. The highest BCUT2D eigenvalue weighted by Crippen LogP contribution is 2.40. The molecule has 1 atom stereocenters. The Labute approximate surface area is 141 Å². The van der Waals surface area contributed by atoms with Gasteiger partial charge in [0, 0.05) is 29.3 Å². The van der Waals surface area contributed by atoms with Gasteiger partial charge in [-0.15, -0.1) is 11.8 Å². The molecule has 1 aliphatic rings. The minimum absolute atomic E-state index is 0.0784. The number of unbranched alkanes of at least 4 members (excludes halogenated alkanes) is 1. The highest BCUT2D eigenvalue weighted by Gasteiger charge is 2.32. The minimum Gasteiger partial charge on any atom is -0.311 e. The van der Waals surface area contributed by atoms with Crippen molar-refractivity contribution in [2.24, 2.45) is 0 Å². The van der Waals surface area contributed by atoms with Gasteiger partial charge in [-0.3, -0.25) is 4.79 Å². The van der Waals surface area contributed by atoms with Crippen LogP contribution in [0.4, 0.5) is 5.82 Å². The van der Waals surface area contributed by atoms with Gasteiger partial charge in [0.05, 0.1) is 5.69 Å². The summed E-state index contributed by atoms with van der Waals surface area (Å²) in [5.74, 6) is 1.07. The predicted molar refractivity (Wildman–Crippen MR) is 95.2 cm³/mol. The second-order valence-electron chi connectivity index (χ2n) is 6.01.